The Bertz CT molecular complexity index is 1020. The van der Waals surface area contributed by atoms with Crippen LogP contribution in [0.4, 0.5) is 5.69 Å². The van der Waals surface area contributed by atoms with Crippen molar-refractivity contribution in [3.8, 4) is 11.4 Å². The number of halogens is 2. The highest BCUT2D eigenvalue weighted by Gasteiger charge is 2.24. The molecule has 0 fully saturated rings. The number of anilines is 1. The highest BCUT2D eigenvalue weighted by Crippen LogP contribution is 2.32. The monoisotopic (exact) mass is 418 g/mol. The van der Waals surface area contributed by atoms with E-state index in [0.29, 0.717) is 26.8 Å². The summed E-state index contributed by atoms with van der Waals surface area (Å²) in [4.78, 5) is 14.5. The van der Waals surface area contributed by atoms with Gasteiger partial charge in [0.25, 0.3) is 0 Å². The average molecular weight is 419 g/mol. The van der Waals surface area contributed by atoms with Crippen LogP contribution in [0.2, 0.25) is 10.0 Å². The number of thioether (sulfide) groups is 1. The van der Waals surface area contributed by atoms with Crippen molar-refractivity contribution in [3.05, 3.63) is 58.1 Å². The van der Waals surface area contributed by atoms with Crippen LogP contribution in [0.25, 0.3) is 11.4 Å². The van der Waals surface area contributed by atoms with E-state index in [1.54, 1.807) is 12.1 Å². The lowest BCUT2D eigenvalue weighted by Crippen LogP contribution is -2.30. The van der Waals surface area contributed by atoms with E-state index in [-0.39, 0.29) is 5.91 Å². The largest absolute Gasteiger partial charge is 0.311 e. The molecule has 3 aromatic rings. The molecule has 0 unspecified atom stereocenters. The van der Waals surface area contributed by atoms with Gasteiger partial charge in [0.2, 0.25) is 5.91 Å². The first kappa shape index (κ1) is 18.3. The van der Waals surface area contributed by atoms with Crippen LogP contribution in [0.3, 0.4) is 0 Å². The van der Waals surface area contributed by atoms with Gasteiger partial charge < -0.3 is 9.47 Å². The van der Waals surface area contributed by atoms with E-state index in [2.05, 4.69) is 16.3 Å². The van der Waals surface area contributed by atoms with Crippen LogP contribution in [-0.2, 0) is 18.3 Å². The van der Waals surface area contributed by atoms with E-state index in [4.69, 9.17) is 23.2 Å². The number of amides is 1. The maximum atomic E-state index is 12.7. The number of aromatic nitrogens is 3. The number of hydrogen-bond donors (Lipinski definition) is 0. The zero-order chi connectivity index (χ0) is 19.0. The van der Waals surface area contributed by atoms with Crippen LogP contribution in [0.5, 0.6) is 0 Å². The fourth-order valence-electron chi connectivity index (χ4n) is 3.15. The van der Waals surface area contributed by atoms with Gasteiger partial charge in [-0.15, -0.1) is 10.2 Å². The summed E-state index contributed by atoms with van der Waals surface area (Å²) in [5.74, 6) is 1.01. The third-order valence-electron chi connectivity index (χ3n) is 4.52. The topological polar surface area (TPSA) is 51.0 Å². The maximum absolute atomic E-state index is 12.7. The molecule has 0 atom stereocenters. The molecule has 1 aliphatic rings. The third kappa shape index (κ3) is 3.57. The minimum Gasteiger partial charge on any atom is -0.311 e. The van der Waals surface area contributed by atoms with E-state index < -0.39 is 0 Å². The molecular formula is C19H16Cl2N4OS. The molecule has 2 heterocycles. The molecule has 5 nitrogen and oxygen atoms in total. The van der Waals surface area contributed by atoms with E-state index in [0.717, 1.165) is 24.2 Å². The van der Waals surface area contributed by atoms with Gasteiger partial charge in [0, 0.05) is 29.9 Å². The second-order valence-electron chi connectivity index (χ2n) is 6.20. The lowest BCUT2D eigenvalue weighted by atomic mass is 10.2. The highest BCUT2D eigenvalue weighted by atomic mass is 35.5. The Balaban J connectivity index is 1.48. The SMILES string of the molecule is Cn1c(SCC(=O)N2CCc3ccccc32)nnc1-c1ccc(Cl)cc1Cl. The lowest BCUT2D eigenvalue weighted by Gasteiger charge is -2.16. The Hall–Kier alpha value is -2.02. The smallest absolute Gasteiger partial charge is 0.237 e. The molecule has 8 heteroatoms. The van der Waals surface area contributed by atoms with E-state index >= 15 is 0 Å². The highest BCUT2D eigenvalue weighted by molar-refractivity contribution is 7.99. The number of para-hydroxylation sites is 1. The second-order valence-corrected chi connectivity index (χ2v) is 7.99. The quantitative estimate of drug-likeness (QED) is 0.586. The molecule has 1 aliphatic heterocycles. The van der Waals surface area contributed by atoms with Gasteiger partial charge in [-0.1, -0.05) is 53.2 Å². The summed E-state index contributed by atoms with van der Waals surface area (Å²) >= 11 is 13.6. The molecule has 0 saturated carbocycles. The van der Waals surface area contributed by atoms with Gasteiger partial charge in [0.15, 0.2) is 11.0 Å². The van der Waals surface area contributed by atoms with Crippen LogP contribution in [-0.4, -0.2) is 33.0 Å². The first-order valence-electron chi connectivity index (χ1n) is 8.40. The predicted octanol–water partition coefficient (Wildman–Crippen LogP) is 4.47. The standard InChI is InChI=1S/C19H16Cl2N4OS/c1-24-18(14-7-6-13(20)10-15(14)21)22-23-19(24)27-11-17(26)25-9-8-12-4-2-3-5-16(12)25/h2-7,10H,8-9,11H2,1H3. The minimum absolute atomic E-state index is 0.0685. The average Bonchev–Trinajstić information content (AvgIpc) is 3.24. The van der Waals surface area contributed by atoms with Crippen molar-refractivity contribution in [1.82, 2.24) is 14.8 Å². The van der Waals surface area contributed by atoms with Crippen molar-refractivity contribution >= 4 is 46.6 Å². The van der Waals surface area contributed by atoms with Crippen molar-refractivity contribution in [1.29, 1.82) is 0 Å². The molecule has 0 aliphatic carbocycles. The minimum atomic E-state index is 0.0685. The van der Waals surface area contributed by atoms with Gasteiger partial charge in [0.1, 0.15) is 0 Å². The molecule has 4 rings (SSSR count). The Kier molecular flexibility index (Phi) is 5.12. The lowest BCUT2D eigenvalue weighted by molar-refractivity contribution is -0.116. The van der Waals surface area contributed by atoms with Crippen LogP contribution < -0.4 is 4.90 Å². The van der Waals surface area contributed by atoms with Gasteiger partial charge in [0.05, 0.1) is 10.8 Å². The van der Waals surface area contributed by atoms with Crippen molar-refractivity contribution in [2.24, 2.45) is 7.05 Å². The van der Waals surface area contributed by atoms with Gasteiger partial charge in [-0.2, -0.15) is 0 Å². The van der Waals surface area contributed by atoms with Crippen molar-refractivity contribution in [2.45, 2.75) is 11.6 Å². The van der Waals surface area contributed by atoms with Gasteiger partial charge in [-0.25, -0.2) is 0 Å². The molecular weight excluding hydrogens is 403 g/mol. The number of fused-ring (bicyclic) bond motifs is 1. The van der Waals surface area contributed by atoms with E-state index in [9.17, 15) is 4.79 Å². The van der Waals surface area contributed by atoms with Crippen molar-refractivity contribution in [3.63, 3.8) is 0 Å². The van der Waals surface area contributed by atoms with E-state index in [1.165, 1.54) is 17.3 Å². The Labute approximate surface area is 171 Å². The summed E-state index contributed by atoms with van der Waals surface area (Å²) in [6.45, 7) is 0.725. The predicted molar refractivity (Wildman–Crippen MR) is 110 cm³/mol. The summed E-state index contributed by atoms with van der Waals surface area (Å²) in [7, 11) is 1.86. The van der Waals surface area contributed by atoms with Gasteiger partial charge in [-0.05, 0) is 36.2 Å². The summed E-state index contributed by atoms with van der Waals surface area (Å²) in [5, 5.41) is 10.2. The zero-order valence-electron chi connectivity index (χ0n) is 14.5. The normalized spacial score (nSPS) is 13.1. The van der Waals surface area contributed by atoms with Gasteiger partial charge >= 0.3 is 0 Å². The summed E-state index contributed by atoms with van der Waals surface area (Å²) in [6.07, 6.45) is 0.899. The maximum Gasteiger partial charge on any atom is 0.237 e. The number of benzene rings is 2. The Morgan fingerprint density at radius 3 is 2.81 bits per heavy atom. The molecule has 1 aromatic heterocycles. The molecule has 2 aromatic carbocycles. The molecule has 0 radical (unpaired) electrons. The number of carbonyl (C=O) groups is 1. The molecule has 27 heavy (non-hydrogen) atoms. The molecule has 138 valence electrons. The molecule has 0 saturated heterocycles. The van der Waals surface area contributed by atoms with Crippen LogP contribution in [0.1, 0.15) is 5.56 Å². The molecule has 0 N–H and O–H groups in total. The van der Waals surface area contributed by atoms with Crippen molar-refractivity contribution < 1.29 is 4.79 Å². The van der Waals surface area contributed by atoms with E-state index in [1.807, 2.05) is 40.8 Å². The number of hydrogen-bond acceptors (Lipinski definition) is 4. The fraction of sp³-hybridized carbons (Fsp3) is 0.211. The Morgan fingerprint density at radius 2 is 2.00 bits per heavy atom. The van der Waals surface area contributed by atoms with Crippen LogP contribution in [0, 0.1) is 0 Å². The second kappa shape index (κ2) is 7.54. The molecule has 0 bridgehead atoms. The zero-order valence-corrected chi connectivity index (χ0v) is 16.9. The molecule has 1 amide bonds. The first-order valence-corrected chi connectivity index (χ1v) is 10.1. The van der Waals surface area contributed by atoms with Crippen LogP contribution >= 0.6 is 35.0 Å². The number of carbonyl (C=O) groups excluding carboxylic acids is 1. The third-order valence-corrected chi connectivity index (χ3v) is 6.07. The number of rotatable bonds is 4. The summed E-state index contributed by atoms with van der Waals surface area (Å²) in [6, 6.07) is 13.3. The Morgan fingerprint density at radius 1 is 1.19 bits per heavy atom. The van der Waals surface area contributed by atoms with Crippen LogP contribution in [0.15, 0.2) is 47.6 Å². The summed E-state index contributed by atoms with van der Waals surface area (Å²) in [5.41, 5.74) is 2.98. The van der Waals surface area contributed by atoms with Crippen molar-refractivity contribution in [2.75, 3.05) is 17.2 Å². The molecule has 0 spiro atoms. The summed E-state index contributed by atoms with van der Waals surface area (Å²) < 4.78 is 1.84. The van der Waals surface area contributed by atoms with Gasteiger partial charge in [-0.3, -0.25) is 4.79 Å². The number of nitrogens with zero attached hydrogens (tertiary/aromatic N) is 4. The first-order chi connectivity index (χ1) is 13.0. The fourth-order valence-corrected chi connectivity index (χ4v) is 4.43.